The summed E-state index contributed by atoms with van der Waals surface area (Å²) in [6, 6.07) is 0.375. The maximum atomic E-state index is 4.68. The molecule has 2 heterocycles. The number of aromatic amines is 1. The highest BCUT2D eigenvalue weighted by molar-refractivity contribution is 5.87. The molecule has 2 N–H and O–H groups in total. The summed E-state index contributed by atoms with van der Waals surface area (Å²) in [5.41, 5.74) is 0.778. The first kappa shape index (κ1) is 14.6. The molecule has 0 bridgehead atoms. The molecular weight excluding hydrogens is 252 g/mol. The average Bonchev–Trinajstić information content (AvgIpc) is 2.83. The fraction of sp³-hybridized carbons (Fsp3) is 0.643. The molecule has 0 amide bonds. The third kappa shape index (κ3) is 3.00. The van der Waals surface area contributed by atoms with Gasteiger partial charge < -0.3 is 10.2 Å². The van der Waals surface area contributed by atoms with Gasteiger partial charge in [0, 0.05) is 19.1 Å². The number of fused-ring (bicyclic) bond motifs is 1. The SMILES string of the molecule is CCNc1nc(N(CC(C)C)C(C)C)c2cn[nH]c2n1. The van der Waals surface area contributed by atoms with Gasteiger partial charge in [0.2, 0.25) is 5.95 Å². The van der Waals surface area contributed by atoms with Gasteiger partial charge in [0.15, 0.2) is 5.65 Å². The van der Waals surface area contributed by atoms with E-state index in [2.05, 4.69) is 58.1 Å². The second kappa shape index (κ2) is 6.07. The maximum Gasteiger partial charge on any atom is 0.226 e. The van der Waals surface area contributed by atoms with Gasteiger partial charge in [-0.05, 0) is 26.7 Å². The van der Waals surface area contributed by atoms with Crippen LogP contribution in [0.1, 0.15) is 34.6 Å². The smallest absolute Gasteiger partial charge is 0.226 e. The summed E-state index contributed by atoms with van der Waals surface area (Å²) in [6.45, 7) is 12.6. The van der Waals surface area contributed by atoms with E-state index in [-0.39, 0.29) is 0 Å². The van der Waals surface area contributed by atoms with E-state index in [1.165, 1.54) is 0 Å². The Bertz CT molecular complexity index is 560. The van der Waals surface area contributed by atoms with Crippen molar-refractivity contribution in [3.63, 3.8) is 0 Å². The van der Waals surface area contributed by atoms with Crippen LogP contribution in [0.4, 0.5) is 11.8 Å². The van der Waals surface area contributed by atoms with Crippen molar-refractivity contribution in [2.45, 2.75) is 40.7 Å². The molecule has 0 spiro atoms. The van der Waals surface area contributed by atoms with Crippen molar-refractivity contribution in [1.82, 2.24) is 20.2 Å². The Morgan fingerprint density at radius 3 is 2.60 bits per heavy atom. The van der Waals surface area contributed by atoms with Crippen LogP contribution in [0.3, 0.4) is 0 Å². The Labute approximate surface area is 120 Å². The molecule has 0 radical (unpaired) electrons. The zero-order chi connectivity index (χ0) is 14.7. The first-order chi connectivity index (χ1) is 9.52. The van der Waals surface area contributed by atoms with Crippen LogP contribution in [0.2, 0.25) is 0 Å². The number of hydrogen-bond donors (Lipinski definition) is 2. The number of aromatic nitrogens is 4. The molecule has 110 valence electrons. The summed E-state index contributed by atoms with van der Waals surface area (Å²) in [5, 5.41) is 11.2. The van der Waals surface area contributed by atoms with Crippen LogP contribution < -0.4 is 10.2 Å². The average molecular weight is 276 g/mol. The number of rotatable bonds is 6. The van der Waals surface area contributed by atoms with Crippen LogP contribution in [0.15, 0.2) is 6.20 Å². The Kier molecular flexibility index (Phi) is 4.42. The van der Waals surface area contributed by atoms with Gasteiger partial charge >= 0.3 is 0 Å². The first-order valence-electron chi connectivity index (χ1n) is 7.24. The highest BCUT2D eigenvalue weighted by Crippen LogP contribution is 2.26. The summed E-state index contributed by atoms with van der Waals surface area (Å²) >= 11 is 0. The van der Waals surface area contributed by atoms with Gasteiger partial charge in [-0.15, -0.1) is 0 Å². The van der Waals surface area contributed by atoms with Gasteiger partial charge in [-0.25, -0.2) is 0 Å². The second-order valence-electron chi connectivity index (χ2n) is 5.67. The molecule has 20 heavy (non-hydrogen) atoms. The molecule has 6 heteroatoms. The molecule has 0 saturated heterocycles. The van der Waals surface area contributed by atoms with Crippen LogP contribution in [0.25, 0.3) is 11.0 Å². The summed E-state index contributed by atoms with van der Waals surface area (Å²) in [5.74, 6) is 2.16. The van der Waals surface area contributed by atoms with E-state index >= 15 is 0 Å². The fourth-order valence-electron chi connectivity index (χ4n) is 2.21. The number of nitrogens with one attached hydrogen (secondary N) is 2. The number of nitrogens with zero attached hydrogens (tertiary/aromatic N) is 4. The van der Waals surface area contributed by atoms with Gasteiger partial charge in [-0.3, -0.25) is 5.10 Å². The minimum absolute atomic E-state index is 0.375. The molecule has 6 nitrogen and oxygen atoms in total. The summed E-state index contributed by atoms with van der Waals surface area (Å²) in [6.07, 6.45) is 1.80. The van der Waals surface area contributed by atoms with Gasteiger partial charge in [0.25, 0.3) is 0 Å². The highest BCUT2D eigenvalue weighted by Gasteiger charge is 2.19. The van der Waals surface area contributed by atoms with Crippen molar-refractivity contribution in [3.05, 3.63) is 6.20 Å². The molecule has 0 fully saturated rings. The molecule has 0 unspecified atom stereocenters. The van der Waals surface area contributed by atoms with E-state index in [9.17, 15) is 0 Å². The summed E-state index contributed by atoms with van der Waals surface area (Å²) < 4.78 is 0. The van der Waals surface area contributed by atoms with E-state index in [0.717, 1.165) is 29.9 Å². The van der Waals surface area contributed by atoms with Gasteiger partial charge in [-0.1, -0.05) is 13.8 Å². The first-order valence-corrected chi connectivity index (χ1v) is 7.24. The summed E-state index contributed by atoms with van der Waals surface area (Å²) in [7, 11) is 0. The maximum absolute atomic E-state index is 4.68. The fourth-order valence-corrected chi connectivity index (χ4v) is 2.21. The van der Waals surface area contributed by atoms with Gasteiger partial charge in [-0.2, -0.15) is 15.1 Å². The Morgan fingerprint density at radius 2 is 2.00 bits per heavy atom. The normalized spacial score (nSPS) is 11.6. The predicted molar refractivity (Wildman–Crippen MR) is 83.2 cm³/mol. The van der Waals surface area contributed by atoms with Gasteiger partial charge in [0.1, 0.15) is 5.82 Å². The summed E-state index contributed by atoms with van der Waals surface area (Å²) in [4.78, 5) is 11.4. The topological polar surface area (TPSA) is 69.7 Å². The van der Waals surface area contributed by atoms with Crippen molar-refractivity contribution in [2.75, 3.05) is 23.3 Å². The number of H-pyrrole nitrogens is 1. The third-order valence-electron chi connectivity index (χ3n) is 3.08. The molecule has 0 aromatic carbocycles. The zero-order valence-electron chi connectivity index (χ0n) is 12.9. The van der Waals surface area contributed by atoms with Crippen molar-refractivity contribution >= 4 is 22.8 Å². The molecule has 0 atom stereocenters. The van der Waals surface area contributed by atoms with Crippen molar-refractivity contribution in [1.29, 1.82) is 0 Å². The largest absolute Gasteiger partial charge is 0.354 e. The lowest BCUT2D eigenvalue weighted by Gasteiger charge is -2.30. The third-order valence-corrected chi connectivity index (χ3v) is 3.08. The molecule has 0 aliphatic rings. The second-order valence-corrected chi connectivity index (χ2v) is 5.67. The lowest BCUT2D eigenvalue weighted by molar-refractivity contribution is 0.567. The Morgan fingerprint density at radius 1 is 1.25 bits per heavy atom. The monoisotopic (exact) mass is 276 g/mol. The highest BCUT2D eigenvalue weighted by atomic mass is 15.3. The molecule has 2 aromatic heterocycles. The number of anilines is 2. The van der Waals surface area contributed by atoms with Crippen LogP contribution in [0.5, 0.6) is 0 Å². The Balaban J connectivity index is 2.50. The van der Waals surface area contributed by atoms with Crippen molar-refractivity contribution in [2.24, 2.45) is 5.92 Å². The Hall–Kier alpha value is -1.85. The molecule has 2 aromatic rings. The van der Waals surface area contributed by atoms with Gasteiger partial charge in [0.05, 0.1) is 11.6 Å². The van der Waals surface area contributed by atoms with E-state index in [0.29, 0.717) is 17.9 Å². The van der Waals surface area contributed by atoms with Crippen LogP contribution in [-0.2, 0) is 0 Å². The zero-order valence-corrected chi connectivity index (χ0v) is 12.9. The standard InChI is InChI=1S/C14H24N6/c1-6-15-14-17-12-11(7-16-19-12)13(18-14)20(10(4)5)8-9(2)3/h7,9-10H,6,8H2,1-5H3,(H2,15,16,17,18,19). The molecule has 2 rings (SSSR count). The van der Waals surface area contributed by atoms with Crippen LogP contribution in [-0.4, -0.2) is 39.3 Å². The quantitative estimate of drug-likeness (QED) is 0.849. The van der Waals surface area contributed by atoms with E-state index < -0.39 is 0 Å². The van der Waals surface area contributed by atoms with Crippen LogP contribution >= 0.6 is 0 Å². The van der Waals surface area contributed by atoms with E-state index in [4.69, 9.17) is 0 Å². The minimum Gasteiger partial charge on any atom is -0.354 e. The van der Waals surface area contributed by atoms with E-state index in [1.54, 1.807) is 6.20 Å². The lowest BCUT2D eigenvalue weighted by atomic mass is 10.1. The lowest BCUT2D eigenvalue weighted by Crippen LogP contribution is -2.35. The van der Waals surface area contributed by atoms with Crippen molar-refractivity contribution in [3.8, 4) is 0 Å². The molecule has 0 aliphatic heterocycles. The molecular formula is C14H24N6. The number of hydrogen-bond acceptors (Lipinski definition) is 5. The predicted octanol–water partition coefficient (Wildman–Crippen LogP) is 2.66. The van der Waals surface area contributed by atoms with E-state index in [1.807, 2.05) is 6.92 Å². The molecule has 0 saturated carbocycles. The minimum atomic E-state index is 0.375. The molecule has 0 aliphatic carbocycles. The van der Waals surface area contributed by atoms with Crippen LogP contribution in [0, 0.1) is 5.92 Å². The van der Waals surface area contributed by atoms with Crippen molar-refractivity contribution < 1.29 is 0 Å².